The molecule has 0 aliphatic rings. The third-order valence-electron chi connectivity index (χ3n) is 2.43. The highest BCUT2D eigenvalue weighted by Gasteiger charge is 2.14. The number of para-hydroxylation sites is 1. The predicted molar refractivity (Wildman–Crippen MR) is 70.9 cm³/mol. The van der Waals surface area contributed by atoms with Gasteiger partial charge in [-0.2, -0.15) is 0 Å². The van der Waals surface area contributed by atoms with E-state index in [-0.39, 0.29) is 0 Å². The monoisotopic (exact) mass is 264 g/mol. The highest BCUT2D eigenvalue weighted by atomic mass is 16.4. The van der Waals surface area contributed by atoms with E-state index in [9.17, 15) is 4.79 Å². The lowest BCUT2D eigenvalue weighted by atomic mass is 10.1. The van der Waals surface area contributed by atoms with Gasteiger partial charge in [0, 0.05) is 30.4 Å². The lowest BCUT2D eigenvalue weighted by Gasteiger charge is -2.04. The number of aromatic nitrogens is 1. The number of carboxylic acid groups (broad SMARTS) is 2. The van der Waals surface area contributed by atoms with Crippen LogP contribution in [0.1, 0.15) is 12.5 Å². The Hall–Kier alpha value is -2.34. The summed E-state index contributed by atoms with van der Waals surface area (Å²) < 4.78 is 0. The van der Waals surface area contributed by atoms with Crippen LogP contribution in [0, 0.1) is 0 Å². The Morgan fingerprint density at radius 2 is 1.89 bits per heavy atom. The van der Waals surface area contributed by atoms with Gasteiger partial charge in [0.15, 0.2) is 0 Å². The number of nitrogens with one attached hydrogen (secondary N) is 1. The normalized spacial score (nSPS) is 11.5. The van der Waals surface area contributed by atoms with Crippen molar-refractivity contribution in [3.8, 4) is 0 Å². The number of aromatic amines is 1. The summed E-state index contributed by atoms with van der Waals surface area (Å²) in [4.78, 5) is 22.7. The van der Waals surface area contributed by atoms with Gasteiger partial charge in [-0.3, -0.25) is 9.59 Å². The van der Waals surface area contributed by atoms with Crippen LogP contribution in [0.3, 0.4) is 0 Å². The van der Waals surface area contributed by atoms with Crippen LogP contribution in [0.25, 0.3) is 10.9 Å². The molecular formula is C13H16N2O4. The number of H-pyrrole nitrogens is 1. The van der Waals surface area contributed by atoms with Crippen molar-refractivity contribution in [2.75, 3.05) is 0 Å². The van der Waals surface area contributed by atoms with Crippen molar-refractivity contribution in [2.45, 2.75) is 19.4 Å². The number of hydrogen-bond donors (Lipinski definition) is 4. The van der Waals surface area contributed by atoms with Crippen LogP contribution >= 0.6 is 0 Å². The second-order valence-corrected chi connectivity index (χ2v) is 4.03. The molecule has 5 N–H and O–H groups in total. The number of aliphatic carboxylic acids is 2. The van der Waals surface area contributed by atoms with E-state index < -0.39 is 18.0 Å². The highest BCUT2D eigenvalue weighted by Crippen LogP contribution is 2.18. The number of carbonyl (C=O) groups is 2. The largest absolute Gasteiger partial charge is 0.481 e. The Kier molecular flexibility index (Phi) is 5.08. The minimum atomic E-state index is -0.972. The number of carboxylic acids is 2. The molecule has 0 radical (unpaired) electrons. The molecule has 1 aromatic heterocycles. The van der Waals surface area contributed by atoms with E-state index in [1.807, 2.05) is 30.5 Å². The van der Waals surface area contributed by atoms with E-state index in [2.05, 4.69) is 4.98 Å². The minimum absolute atomic E-state index is 0.347. The fourth-order valence-corrected chi connectivity index (χ4v) is 1.62. The molecule has 0 unspecified atom stereocenters. The van der Waals surface area contributed by atoms with Crippen molar-refractivity contribution in [1.29, 1.82) is 0 Å². The van der Waals surface area contributed by atoms with Crippen LogP contribution in [-0.2, 0) is 16.0 Å². The van der Waals surface area contributed by atoms with E-state index >= 15 is 0 Å². The molecule has 0 amide bonds. The Bertz CT molecular complexity index is 573. The van der Waals surface area contributed by atoms with Crippen molar-refractivity contribution in [3.05, 3.63) is 36.0 Å². The topological polar surface area (TPSA) is 116 Å². The summed E-state index contributed by atoms with van der Waals surface area (Å²) in [6.07, 6.45) is 2.16. The molecule has 6 nitrogen and oxygen atoms in total. The smallest absolute Gasteiger partial charge is 0.320 e. The number of rotatable bonds is 3. The van der Waals surface area contributed by atoms with Gasteiger partial charge >= 0.3 is 5.97 Å². The molecule has 6 heteroatoms. The Morgan fingerprint density at radius 1 is 1.32 bits per heavy atom. The summed E-state index contributed by atoms with van der Waals surface area (Å²) in [6, 6.07) is 6.91. The second kappa shape index (κ2) is 6.55. The van der Waals surface area contributed by atoms with Crippen molar-refractivity contribution < 1.29 is 19.8 Å². The molecule has 0 spiro atoms. The maximum atomic E-state index is 10.6. The van der Waals surface area contributed by atoms with E-state index in [0.717, 1.165) is 23.4 Å². The molecule has 102 valence electrons. The zero-order valence-corrected chi connectivity index (χ0v) is 10.5. The third kappa shape index (κ3) is 4.44. The van der Waals surface area contributed by atoms with Gasteiger partial charge in [-0.25, -0.2) is 0 Å². The van der Waals surface area contributed by atoms with E-state index in [4.69, 9.17) is 20.7 Å². The number of fused-ring (bicyclic) bond motifs is 1. The summed E-state index contributed by atoms with van der Waals surface area (Å²) in [7, 11) is 0. The average Bonchev–Trinajstić information content (AvgIpc) is 2.72. The highest BCUT2D eigenvalue weighted by molar-refractivity contribution is 5.84. The number of nitrogens with two attached hydrogens (primary N) is 1. The van der Waals surface area contributed by atoms with E-state index in [1.165, 1.54) is 0 Å². The molecule has 2 aromatic rings. The molecule has 1 heterocycles. The summed E-state index contributed by atoms with van der Waals surface area (Å²) >= 11 is 0. The Labute approximate surface area is 109 Å². The van der Waals surface area contributed by atoms with Crippen molar-refractivity contribution in [1.82, 2.24) is 4.98 Å². The number of benzene rings is 1. The van der Waals surface area contributed by atoms with Crippen molar-refractivity contribution in [3.63, 3.8) is 0 Å². The molecule has 0 saturated heterocycles. The quantitative estimate of drug-likeness (QED) is 0.665. The van der Waals surface area contributed by atoms with Crippen LogP contribution in [0.2, 0.25) is 0 Å². The van der Waals surface area contributed by atoms with E-state index in [0.29, 0.717) is 6.42 Å². The van der Waals surface area contributed by atoms with Gasteiger partial charge in [-0.15, -0.1) is 0 Å². The van der Waals surface area contributed by atoms with Crippen LogP contribution in [0.15, 0.2) is 30.5 Å². The summed E-state index contributed by atoms with van der Waals surface area (Å²) in [5, 5.41) is 17.2. The lowest BCUT2D eigenvalue weighted by Crippen LogP contribution is -2.32. The average molecular weight is 264 g/mol. The summed E-state index contributed by atoms with van der Waals surface area (Å²) in [5.74, 6) is -1.81. The van der Waals surface area contributed by atoms with Gasteiger partial charge in [0.05, 0.1) is 0 Å². The second-order valence-electron chi connectivity index (χ2n) is 4.03. The van der Waals surface area contributed by atoms with Crippen molar-refractivity contribution in [2.24, 2.45) is 5.73 Å². The molecule has 1 atom stereocenters. The van der Waals surface area contributed by atoms with Crippen LogP contribution in [-0.4, -0.2) is 33.2 Å². The maximum absolute atomic E-state index is 10.6. The first-order valence-corrected chi connectivity index (χ1v) is 5.64. The lowest BCUT2D eigenvalue weighted by molar-refractivity contribution is -0.138. The SMILES string of the molecule is CC(=O)O.N[C@@H](Cc1c[nH]c2ccccc12)C(=O)O. The number of hydrogen-bond acceptors (Lipinski definition) is 3. The first kappa shape index (κ1) is 14.7. The van der Waals surface area contributed by atoms with Gasteiger partial charge in [-0.05, 0) is 11.6 Å². The van der Waals surface area contributed by atoms with Crippen LogP contribution in [0.4, 0.5) is 0 Å². The first-order valence-electron chi connectivity index (χ1n) is 5.64. The van der Waals surface area contributed by atoms with Gasteiger partial charge in [0.25, 0.3) is 5.97 Å². The first-order chi connectivity index (χ1) is 8.91. The predicted octanol–water partition coefficient (Wildman–Crippen LogP) is 1.21. The van der Waals surface area contributed by atoms with Gasteiger partial charge < -0.3 is 20.9 Å². The molecule has 19 heavy (non-hydrogen) atoms. The van der Waals surface area contributed by atoms with Gasteiger partial charge in [-0.1, -0.05) is 18.2 Å². The van der Waals surface area contributed by atoms with Gasteiger partial charge in [0.1, 0.15) is 6.04 Å². The minimum Gasteiger partial charge on any atom is -0.481 e. The summed E-state index contributed by atoms with van der Waals surface area (Å²) in [6.45, 7) is 1.08. The fourth-order valence-electron chi connectivity index (χ4n) is 1.62. The molecule has 0 fully saturated rings. The zero-order chi connectivity index (χ0) is 14.4. The molecule has 0 saturated carbocycles. The Morgan fingerprint density at radius 3 is 2.47 bits per heavy atom. The fraction of sp³-hybridized carbons (Fsp3) is 0.231. The molecule has 0 aliphatic heterocycles. The molecule has 2 rings (SSSR count). The third-order valence-corrected chi connectivity index (χ3v) is 2.43. The van der Waals surface area contributed by atoms with Crippen LogP contribution < -0.4 is 5.73 Å². The molecule has 0 aliphatic carbocycles. The van der Waals surface area contributed by atoms with Gasteiger partial charge in [0.2, 0.25) is 0 Å². The zero-order valence-electron chi connectivity index (χ0n) is 10.5. The standard InChI is InChI=1S/C11H12N2O2.C2H4O2/c12-9(11(14)15)5-7-6-13-10-4-2-1-3-8(7)10;1-2(3)4/h1-4,6,9,13H,5,12H2,(H,14,15);1H3,(H,3,4)/t9-;/m0./s1. The molecular weight excluding hydrogens is 248 g/mol. The van der Waals surface area contributed by atoms with E-state index in [1.54, 1.807) is 0 Å². The molecule has 1 aromatic carbocycles. The molecule has 0 bridgehead atoms. The summed E-state index contributed by atoms with van der Waals surface area (Å²) in [5.41, 5.74) is 7.43. The Balaban J connectivity index is 0.000000399. The van der Waals surface area contributed by atoms with Crippen LogP contribution in [0.5, 0.6) is 0 Å². The maximum Gasteiger partial charge on any atom is 0.320 e. The van der Waals surface area contributed by atoms with Crippen molar-refractivity contribution >= 4 is 22.8 Å².